The molecule has 0 aliphatic carbocycles. The topological polar surface area (TPSA) is 90.7 Å². The van der Waals surface area contributed by atoms with E-state index in [1.165, 1.54) is 25.3 Å². The highest BCUT2D eigenvalue weighted by molar-refractivity contribution is 5.80. The van der Waals surface area contributed by atoms with Gasteiger partial charge in [0.2, 0.25) is 0 Å². The molecule has 0 aliphatic rings. The molecular formula is C12H16N2O5. The summed E-state index contributed by atoms with van der Waals surface area (Å²) in [7, 11) is 1.42. The van der Waals surface area contributed by atoms with E-state index in [-0.39, 0.29) is 17.3 Å². The number of nitro benzene ring substituents is 1. The van der Waals surface area contributed by atoms with Crippen molar-refractivity contribution in [3.8, 4) is 11.5 Å². The summed E-state index contributed by atoms with van der Waals surface area (Å²) < 4.78 is 10.4. The molecule has 1 amide bonds. The fraction of sp³-hybridized carbons (Fsp3) is 0.417. The Balaban J connectivity index is 2.94. The number of rotatable bonds is 6. The van der Waals surface area contributed by atoms with E-state index in [4.69, 9.17) is 9.47 Å². The van der Waals surface area contributed by atoms with Gasteiger partial charge in [0.1, 0.15) is 0 Å². The number of carbonyl (C=O) groups is 1. The van der Waals surface area contributed by atoms with E-state index >= 15 is 0 Å². The molecule has 0 saturated heterocycles. The van der Waals surface area contributed by atoms with Crippen LogP contribution in [-0.2, 0) is 4.79 Å². The van der Waals surface area contributed by atoms with Gasteiger partial charge in [-0.15, -0.1) is 0 Å². The summed E-state index contributed by atoms with van der Waals surface area (Å²) in [6.07, 6.45) is -0.768. The molecule has 0 radical (unpaired) electrons. The molecule has 104 valence electrons. The van der Waals surface area contributed by atoms with Crippen molar-refractivity contribution in [3.63, 3.8) is 0 Å². The lowest BCUT2D eigenvalue weighted by molar-refractivity contribution is -0.385. The van der Waals surface area contributed by atoms with Crippen LogP contribution in [0, 0.1) is 10.1 Å². The van der Waals surface area contributed by atoms with Crippen molar-refractivity contribution in [2.75, 3.05) is 13.7 Å². The minimum absolute atomic E-state index is 0.126. The predicted molar refractivity (Wildman–Crippen MR) is 68.4 cm³/mol. The molecule has 1 aromatic rings. The number of carbonyl (C=O) groups excluding carboxylic acids is 1. The van der Waals surface area contributed by atoms with E-state index in [9.17, 15) is 14.9 Å². The maximum absolute atomic E-state index is 11.6. The monoisotopic (exact) mass is 268 g/mol. The first-order valence-corrected chi connectivity index (χ1v) is 5.76. The maximum atomic E-state index is 11.6. The molecule has 0 unspecified atom stereocenters. The SMILES string of the molecule is CCNC(=O)[C@@H](C)Oc1cc([N+](=O)[O-])ccc1OC. The van der Waals surface area contributed by atoms with Crippen LogP contribution in [0.15, 0.2) is 18.2 Å². The molecular weight excluding hydrogens is 252 g/mol. The van der Waals surface area contributed by atoms with Crippen molar-refractivity contribution in [1.29, 1.82) is 0 Å². The van der Waals surface area contributed by atoms with Crippen molar-refractivity contribution >= 4 is 11.6 Å². The number of likely N-dealkylation sites (N-methyl/N-ethyl adjacent to an activating group) is 1. The molecule has 0 bridgehead atoms. The fourth-order valence-corrected chi connectivity index (χ4v) is 1.43. The van der Waals surface area contributed by atoms with Crippen molar-refractivity contribution < 1.29 is 19.2 Å². The minimum atomic E-state index is -0.768. The Morgan fingerprint density at radius 1 is 1.47 bits per heavy atom. The molecule has 1 N–H and O–H groups in total. The van der Waals surface area contributed by atoms with Gasteiger partial charge in [0.15, 0.2) is 17.6 Å². The standard InChI is InChI=1S/C12H16N2O5/c1-4-13-12(15)8(2)19-11-7-9(14(16)17)5-6-10(11)18-3/h5-8H,4H2,1-3H3,(H,13,15)/t8-/m1/s1. The fourth-order valence-electron chi connectivity index (χ4n) is 1.43. The van der Waals surface area contributed by atoms with Gasteiger partial charge in [0.05, 0.1) is 18.1 Å². The molecule has 0 aromatic heterocycles. The third-order valence-corrected chi connectivity index (χ3v) is 2.38. The highest BCUT2D eigenvalue weighted by Gasteiger charge is 2.18. The number of nitrogens with one attached hydrogen (secondary N) is 1. The molecule has 0 fully saturated rings. The Hall–Kier alpha value is -2.31. The summed E-state index contributed by atoms with van der Waals surface area (Å²) >= 11 is 0. The predicted octanol–water partition coefficient (Wildman–Crippen LogP) is 1.51. The highest BCUT2D eigenvalue weighted by atomic mass is 16.6. The van der Waals surface area contributed by atoms with Crippen molar-refractivity contribution in [3.05, 3.63) is 28.3 Å². The van der Waals surface area contributed by atoms with Crippen LogP contribution in [-0.4, -0.2) is 30.6 Å². The van der Waals surface area contributed by atoms with Crippen LogP contribution < -0.4 is 14.8 Å². The molecule has 7 nitrogen and oxygen atoms in total. The maximum Gasteiger partial charge on any atom is 0.273 e. The van der Waals surface area contributed by atoms with Crippen LogP contribution in [0.4, 0.5) is 5.69 Å². The Morgan fingerprint density at radius 2 is 2.16 bits per heavy atom. The number of benzene rings is 1. The zero-order valence-electron chi connectivity index (χ0n) is 11.0. The average Bonchev–Trinajstić information content (AvgIpc) is 2.38. The minimum Gasteiger partial charge on any atom is -0.493 e. The second kappa shape index (κ2) is 6.58. The summed E-state index contributed by atoms with van der Waals surface area (Å²) in [5, 5.41) is 13.3. The highest BCUT2D eigenvalue weighted by Crippen LogP contribution is 2.31. The molecule has 1 rings (SSSR count). The quantitative estimate of drug-likeness (QED) is 0.623. The lowest BCUT2D eigenvalue weighted by Crippen LogP contribution is -2.36. The van der Waals surface area contributed by atoms with Gasteiger partial charge < -0.3 is 14.8 Å². The lowest BCUT2D eigenvalue weighted by Gasteiger charge is -2.16. The number of methoxy groups -OCH3 is 1. The molecule has 0 heterocycles. The summed E-state index contributed by atoms with van der Waals surface area (Å²) in [4.78, 5) is 21.7. The number of hydrogen-bond donors (Lipinski definition) is 1. The van der Waals surface area contributed by atoms with Crippen LogP contribution in [0.1, 0.15) is 13.8 Å². The lowest BCUT2D eigenvalue weighted by atomic mass is 10.2. The smallest absolute Gasteiger partial charge is 0.273 e. The zero-order valence-corrected chi connectivity index (χ0v) is 11.0. The second-order valence-corrected chi connectivity index (χ2v) is 3.75. The van der Waals surface area contributed by atoms with Crippen molar-refractivity contribution in [2.45, 2.75) is 20.0 Å². The van der Waals surface area contributed by atoms with Gasteiger partial charge in [-0.25, -0.2) is 0 Å². The number of non-ortho nitro benzene ring substituents is 1. The van der Waals surface area contributed by atoms with Gasteiger partial charge in [-0.2, -0.15) is 0 Å². The molecule has 0 saturated carbocycles. The molecule has 0 spiro atoms. The third-order valence-electron chi connectivity index (χ3n) is 2.38. The first kappa shape index (κ1) is 14.7. The number of hydrogen-bond acceptors (Lipinski definition) is 5. The van der Waals surface area contributed by atoms with Crippen molar-refractivity contribution in [2.24, 2.45) is 0 Å². The van der Waals surface area contributed by atoms with Crippen LogP contribution in [0.3, 0.4) is 0 Å². The Kier molecular flexibility index (Phi) is 5.11. The van der Waals surface area contributed by atoms with E-state index in [1.807, 2.05) is 0 Å². The van der Waals surface area contributed by atoms with Crippen molar-refractivity contribution in [1.82, 2.24) is 5.32 Å². The molecule has 1 aromatic carbocycles. The number of ether oxygens (including phenoxy) is 2. The Bertz CT molecular complexity index is 475. The largest absolute Gasteiger partial charge is 0.493 e. The molecule has 1 atom stereocenters. The van der Waals surface area contributed by atoms with Gasteiger partial charge in [-0.1, -0.05) is 0 Å². The molecule has 7 heteroatoms. The first-order chi connectivity index (χ1) is 8.99. The normalized spacial score (nSPS) is 11.5. The Labute approximate surface area is 110 Å². The van der Waals surface area contributed by atoms with Crippen LogP contribution in [0.25, 0.3) is 0 Å². The van der Waals surface area contributed by atoms with Gasteiger partial charge in [-0.3, -0.25) is 14.9 Å². The zero-order chi connectivity index (χ0) is 14.4. The summed E-state index contributed by atoms with van der Waals surface area (Å²) in [6, 6.07) is 3.97. The van der Waals surface area contributed by atoms with Gasteiger partial charge >= 0.3 is 0 Å². The molecule has 0 aliphatic heterocycles. The molecule has 19 heavy (non-hydrogen) atoms. The van der Waals surface area contributed by atoms with Gasteiger partial charge in [0.25, 0.3) is 11.6 Å². The van der Waals surface area contributed by atoms with E-state index in [1.54, 1.807) is 13.8 Å². The first-order valence-electron chi connectivity index (χ1n) is 5.76. The van der Waals surface area contributed by atoms with E-state index < -0.39 is 11.0 Å². The summed E-state index contributed by atoms with van der Waals surface area (Å²) in [5.74, 6) is 0.202. The Morgan fingerprint density at radius 3 is 2.68 bits per heavy atom. The van der Waals surface area contributed by atoms with E-state index in [0.717, 1.165) is 0 Å². The summed E-state index contributed by atoms with van der Waals surface area (Å²) in [6.45, 7) is 3.83. The number of nitro groups is 1. The van der Waals surface area contributed by atoms with Gasteiger partial charge in [-0.05, 0) is 19.9 Å². The second-order valence-electron chi connectivity index (χ2n) is 3.75. The van der Waals surface area contributed by atoms with Gasteiger partial charge in [0, 0.05) is 12.6 Å². The van der Waals surface area contributed by atoms with Crippen LogP contribution >= 0.6 is 0 Å². The summed E-state index contributed by atoms with van der Waals surface area (Å²) in [5.41, 5.74) is -0.126. The number of amides is 1. The van der Waals surface area contributed by atoms with E-state index in [0.29, 0.717) is 12.3 Å². The van der Waals surface area contributed by atoms with Crippen LogP contribution in [0.2, 0.25) is 0 Å². The number of nitrogens with zero attached hydrogens (tertiary/aromatic N) is 1. The van der Waals surface area contributed by atoms with E-state index in [2.05, 4.69) is 5.32 Å². The average molecular weight is 268 g/mol. The van der Waals surface area contributed by atoms with Crippen LogP contribution in [0.5, 0.6) is 11.5 Å². The third kappa shape index (κ3) is 3.84.